The molecule has 1 aliphatic heterocycles. The van der Waals surface area contributed by atoms with Crippen LogP contribution in [0.5, 0.6) is 0 Å². The van der Waals surface area contributed by atoms with Crippen molar-refractivity contribution in [1.82, 2.24) is 29.5 Å². The molecular weight excluding hydrogens is 498 g/mol. The Morgan fingerprint density at radius 3 is 2.59 bits per heavy atom. The van der Waals surface area contributed by atoms with Gasteiger partial charge in [-0.15, -0.1) is 0 Å². The van der Waals surface area contributed by atoms with E-state index < -0.39 is 5.97 Å². The molecule has 0 aliphatic carbocycles. The standard InChI is InChI=1S/C24H26ClN9O3/c1-14-10-15(4-5-17(14)25)20-30-21-19(22(31-20)34-6-8-36-9-7-34)29-18(33(21)3)13-32(2)24-27-11-16(12-28-24)23(35)37-26/h4-5,10-12H,6-9,13,26H2,1-3H3. The number of rotatable bonds is 6. The third-order valence-electron chi connectivity index (χ3n) is 6.22. The summed E-state index contributed by atoms with van der Waals surface area (Å²) in [7, 11) is 3.76. The van der Waals surface area contributed by atoms with Crippen LogP contribution in [-0.4, -0.2) is 68.8 Å². The van der Waals surface area contributed by atoms with E-state index in [1.54, 1.807) is 0 Å². The maximum absolute atomic E-state index is 11.6. The molecule has 0 unspecified atom stereocenters. The van der Waals surface area contributed by atoms with Crippen molar-refractivity contribution in [1.29, 1.82) is 0 Å². The van der Waals surface area contributed by atoms with Crippen molar-refractivity contribution in [2.75, 3.05) is 43.2 Å². The number of halogens is 1. The lowest BCUT2D eigenvalue weighted by molar-refractivity contribution is 0.0502. The first-order valence-electron chi connectivity index (χ1n) is 11.6. The fourth-order valence-corrected chi connectivity index (χ4v) is 4.23. The van der Waals surface area contributed by atoms with Crippen LogP contribution in [0.1, 0.15) is 21.7 Å². The second kappa shape index (κ2) is 10.2. The summed E-state index contributed by atoms with van der Waals surface area (Å²) in [6, 6.07) is 5.77. The number of benzene rings is 1. The van der Waals surface area contributed by atoms with Gasteiger partial charge in [-0.1, -0.05) is 11.6 Å². The van der Waals surface area contributed by atoms with E-state index in [9.17, 15) is 4.79 Å². The van der Waals surface area contributed by atoms with Gasteiger partial charge in [0.1, 0.15) is 5.82 Å². The average Bonchev–Trinajstić information content (AvgIpc) is 3.24. The van der Waals surface area contributed by atoms with E-state index in [0.717, 1.165) is 22.8 Å². The largest absolute Gasteiger partial charge is 0.378 e. The van der Waals surface area contributed by atoms with Crippen LogP contribution in [0.2, 0.25) is 5.02 Å². The molecule has 0 atom stereocenters. The quantitative estimate of drug-likeness (QED) is 0.372. The molecule has 1 saturated heterocycles. The van der Waals surface area contributed by atoms with Crippen molar-refractivity contribution in [2.24, 2.45) is 12.9 Å². The first kappa shape index (κ1) is 24.8. The van der Waals surface area contributed by atoms with Crippen molar-refractivity contribution < 1.29 is 14.4 Å². The molecule has 4 heterocycles. The molecule has 0 saturated carbocycles. The number of hydrogen-bond acceptors (Lipinski definition) is 11. The van der Waals surface area contributed by atoms with Gasteiger partial charge in [0.05, 0.1) is 25.3 Å². The molecule has 4 aromatic rings. The van der Waals surface area contributed by atoms with Gasteiger partial charge in [0.15, 0.2) is 22.8 Å². The average molecular weight is 524 g/mol. The second-order valence-corrected chi connectivity index (χ2v) is 9.13. The summed E-state index contributed by atoms with van der Waals surface area (Å²) in [5.41, 5.74) is 3.42. The Morgan fingerprint density at radius 1 is 1.19 bits per heavy atom. The summed E-state index contributed by atoms with van der Waals surface area (Å²) in [6.45, 7) is 5.01. The summed E-state index contributed by atoms with van der Waals surface area (Å²) in [4.78, 5) is 43.0. The summed E-state index contributed by atoms with van der Waals surface area (Å²) < 4.78 is 7.50. The van der Waals surface area contributed by atoms with Gasteiger partial charge in [-0.2, -0.15) is 5.90 Å². The van der Waals surface area contributed by atoms with Crippen LogP contribution in [0.15, 0.2) is 30.6 Å². The molecule has 0 bridgehead atoms. The Bertz CT molecular complexity index is 1450. The lowest BCUT2D eigenvalue weighted by atomic mass is 10.1. The molecule has 2 N–H and O–H groups in total. The minimum atomic E-state index is -0.703. The second-order valence-electron chi connectivity index (χ2n) is 8.73. The van der Waals surface area contributed by atoms with Crippen molar-refractivity contribution in [3.63, 3.8) is 0 Å². The molecule has 12 nitrogen and oxygen atoms in total. The monoisotopic (exact) mass is 523 g/mol. The zero-order valence-electron chi connectivity index (χ0n) is 20.7. The number of imidazole rings is 1. The highest BCUT2D eigenvalue weighted by Gasteiger charge is 2.23. The first-order chi connectivity index (χ1) is 17.9. The number of carbonyl (C=O) groups is 1. The van der Waals surface area contributed by atoms with Crippen LogP contribution < -0.4 is 15.7 Å². The van der Waals surface area contributed by atoms with Crippen molar-refractivity contribution in [3.8, 4) is 11.4 Å². The minimum absolute atomic E-state index is 0.165. The van der Waals surface area contributed by atoms with Gasteiger partial charge in [0.2, 0.25) is 5.95 Å². The number of hydrogen-bond donors (Lipinski definition) is 1. The molecule has 0 radical (unpaired) electrons. The van der Waals surface area contributed by atoms with Gasteiger partial charge in [-0.3, -0.25) is 0 Å². The molecule has 0 amide bonds. The number of morpholine rings is 1. The lowest BCUT2D eigenvalue weighted by Crippen LogP contribution is -2.37. The number of nitrogens with two attached hydrogens (primary N) is 1. The van der Waals surface area contributed by atoms with Crippen LogP contribution in [0.4, 0.5) is 11.8 Å². The maximum atomic E-state index is 11.6. The van der Waals surface area contributed by atoms with Crippen LogP contribution in [0.25, 0.3) is 22.6 Å². The highest BCUT2D eigenvalue weighted by molar-refractivity contribution is 6.31. The number of ether oxygens (including phenoxy) is 1. The van der Waals surface area contributed by atoms with E-state index in [-0.39, 0.29) is 5.56 Å². The van der Waals surface area contributed by atoms with Crippen molar-refractivity contribution in [2.45, 2.75) is 13.5 Å². The Kier molecular flexibility index (Phi) is 6.87. The number of fused-ring (bicyclic) bond motifs is 1. The van der Waals surface area contributed by atoms with E-state index in [1.165, 1.54) is 12.4 Å². The Hall–Kier alpha value is -3.87. The van der Waals surface area contributed by atoms with Gasteiger partial charge in [-0.05, 0) is 30.7 Å². The first-order valence-corrected chi connectivity index (χ1v) is 12.0. The summed E-state index contributed by atoms with van der Waals surface area (Å²) >= 11 is 6.25. The van der Waals surface area contributed by atoms with Crippen molar-refractivity contribution >= 4 is 40.5 Å². The zero-order chi connectivity index (χ0) is 26.1. The SMILES string of the molecule is Cc1cc(-c2nc(N3CCOCC3)c3nc(CN(C)c4ncc(C(=O)ON)cn4)n(C)c3n2)ccc1Cl. The van der Waals surface area contributed by atoms with Crippen LogP contribution in [-0.2, 0) is 23.2 Å². The van der Waals surface area contributed by atoms with E-state index in [4.69, 9.17) is 37.2 Å². The number of carbonyl (C=O) groups excluding carboxylic acids is 1. The summed E-state index contributed by atoms with van der Waals surface area (Å²) in [6.07, 6.45) is 2.73. The normalized spacial score (nSPS) is 13.7. The lowest BCUT2D eigenvalue weighted by Gasteiger charge is -2.28. The molecule has 37 heavy (non-hydrogen) atoms. The van der Waals surface area contributed by atoms with Crippen molar-refractivity contribution in [3.05, 3.63) is 52.6 Å². The van der Waals surface area contributed by atoms with Gasteiger partial charge >= 0.3 is 5.97 Å². The Morgan fingerprint density at radius 2 is 1.92 bits per heavy atom. The molecule has 5 rings (SSSR count). The Balaban J connectivity index is 1.54. The van der Waals surface area contributed by atoms with Gasteiger partial charge < -0.3 is 23.9 Å². The fourth-order valence-electron chi connectivity index (χ4n) is 4.12. The number of anilines is 2. The predicted octanol–water partition coefficient (Wildman–Crippen LogP) is 2.29. The van der Waals surface area contributed by atoms with Gasteiger partial charge in [0, 0.05) is 50.2 Å². The highest BCUT2D eigenvalue weighted by atomic mass is 35.5. The predicted molar refractivity (Wildman–Crippen MR) is 138 cm³/mol. The molecule has 1 aromatic carbocycles. The third-order valence-corrected chi connectivity index (χ3v) is 6.64. The molecule has 1 aliphatic rings. The van der Waals surface area contributed by atoms with Crippen LogP contribution >= 0.6 is 11.6 Å². The minimum Gasteiger partial charge on any atom is -0.378 e. The number of nitrogens with zero attached hydrogens (tertiary/aromatic N) is 8. The number of aryl methyl sites for hydroxylation is 2. The van der Waals surface area contributed by atoms with Gasteiger partial charge in [0.25, 0.3) is 0 Å². The zero-order valence-corrected chi connectivity index (χ0v) is 21.4. The molecule has 1 fully saturated rings. The fraction of sp³-hybridized carbons (Fsp3) is 0.333. The van der Waals surface area contributed by atoms with E-state index in [0.29, 0.717) is 60.8 Å². The summed E-state index contributed by atoms with van der Waals surface area (Å²) in [5.74, 6) is 6.76. The summed E-state index contributed by atoms with van der Waals surface area (Å²) in [5, 5.41) is 0.694. The highest BCUT2D eigenvalue weighted by Crippen LogP contribution is 2.30. The van der Waals surface area contributed by atoms with E-state index in [1.807, 2.05) is 48.7 Å². The molecule has 192 valence electrons. The number of aromatic nitrogens is 6. The Labute approximate surface area is 218 Å². The van der Waals surface area contributed by atoms with Gasteiger partial charge in [-0.25, -0.2) is 29.7 Å². The van der Waals surface area contributed by atoms with Crippen LogP contribution in [0, 0.1) is 6.92 Å². The third kappa shape index (κ3) is 4.90. The molecule has 13 heteroatoms. The topological polar surface area (TPSA) is 137 Å². The maximum Gasteiger partial charge on any atom is 0.359 e. The smallest absolute Gasteiger partial charge is 0.359 e. The molecular formula is C24H26ClN9O3. The molecule has 3 aromatic heterocycles. The van der Waals surface area contributed by atoms with Crippen LogP contribution in [0.3, 0.4) is 0 Å². The van der Waals surface area contributed by atoms with E-state index in [2.05, 4.69) is 19.7 Å². The molecule has 0 spiro atoms. The van der Waals surface area contributed by atoms with E-state index >= 15 is 0 Å².